The topological polar surface area (TPSA) is 60.7 Å². The molecule has 3 nitrogen and oxygen atoms in total. The van der Waals surface area contributed by atoms with Crippen LogP contribution in [0.3, 0.4) is 0 Å². The van der Waals surface area contributed by atoms with Crippen LogP contribution in [0.5, 0.6) is 0 Å². The molecule has 0 aromatic carbocycles. The Morgan fingerprint density at radius 2 is 1.83 bits per heavy atom. The predicted molar refractivity (Wildman–Crippen MR) is 122 cm³/mol. The van der Waals surface area contributed by atoms with Crippen LogP contribution in [0.15, 0.2) is 11.6 Å². The molecule has 3 heteroatoms. The van der Waals surface area contributed by atoms with Gasteiger partial charge in [0.1, 0.15) is 0 Å². The quantitative estimate of drug-likeness (QED) is 0.389. The zero-order valence-electron chi connectivity index (χ0n) is 20.1. The van der Waals surface area contributed by atoms with Crippen LogP contribution in [0.4, 0.5) is 0 Å². The zero-order chi connectivity index (χ0) is 21.9. The van der Waals surface area contributed by atoms with E-state index in [0.29, 0.717) is 29.1 Å². The summed E-state index contributed by atoms with van der Waals surface area (Å²) >= 11 is 0. The van der Waals surface area contributed by atoms with Gasteiger partial charge in [0.2, 0.25) is 0 Å². The highest BCUT2D eigenvalue weighted by Crippen LogP contribution is 2.67. The van der Waals surface area contributed by atoms with Crippen LogP contribution in [0.25, 0.3) is 0 Å². The summed E-state index contributed by atoms with van der Waals surface area (Å²) in [6, 6.07) is 0. The maximum atomic E-state index is 10.9. The number of hydrogen-bond donors (Lipinski definition) is 3. The maximum Gasteiger partial charge on any atom is 0.159 e. The average Bonchev–Trinajstić information content (AvgIpc) is 3.03. The van der Waals surface area contributed by atoms with Gasteiger partial charge in [-0.3, -0.25) is 0 Å². The Hall–Kier alpha value is -0.380. The molecule has 0 aromatic heterocycles. The van der Waals surface area contributed by atoms with Gasteiger partial charge < -0.3 is 15.3 Å². The summed E-state index contributed by atoms with van der Waals surface area (Å²) in [6.45, 7) is 11.1. The highest BCUT2D eigenvalue weighted by molar-refractivity contribution is 5.27. The van der Waals surface area contributed by atoms with Gasteiger partial charge in [-0.2, -0.15) is 0 Å². The van der Waals surface area contributed by atoms with E-state index in [1.165, 1.54) is 39.0 Å². The molecule has 3 saturated carbocycles. The van der Waals surface area contributed by atoms with Crippen molar-refractivity contribution < 1.29 is 15.3 Å². The largest absolute Gasteiger partial charge is 0.390 e. The molecule has 0 aromatic rings. The molecular formula is C27H46O3. The first kappa shape index (κ1) is 22.8. The lowest BCUT2D eigenvalue weighted by Crippen LogP contribution is -2.52. The summed E-state index contributed by atoms with van der Waals surface area (Å²) in [5.41, 5.74) is 1.80. The van der Waals surface area contributed by atoms with Gasteiger partial charge >= 0.3 is 0 Å². The molecule has 8 atom stereocenters. The van der Waals surface area contributed by atoms with Crippen molar-refractivity contribution in [2.45, 2.75) is 117 Å². The van der Waals surface area contributed by atoms with Crippen LogP contribution in [0.2, 0.25) is 0 Å². The van der Waals surface area contributed by atoms with Crippen LogP contribution >= 0.6 is 0 Å². The number of rotatable bonds is 5. The van der Waals surface area contributed by atoms with Crippen LogP contribution in [-0.2, 0) is 0 Å². The molecule has 4 aliphatic rings. The third-order valence-electron chi connectivity index (χ3n) is 10.7. The predicted octanol–water partition coefficient (Wildman–Crippen LogP) is 5.82. The molecule has 0 bridgehead atoms. The molecule has 0 radical (unpaired) electrons. The summed E-state index contributed by atoms with van der Waals surface area (Å²) in [6.07, 6.45) is 14.3. The summed E-state index contributed by atoms with van der Waals surface area (Å²) in [5, 5.41) is 30.5. The van der Waals surface area contributed by atoms with Crippen molar-refractivity contribution >= 4 is 0 Å². The molecule has 0 aliphatic heterocycles. The Bertz CT molecular complexity index is 678. The second-order valence-corrected chi connectivity index (χ2v) is 12.5. The molecule has 4 rings (SSSR count). The summed E-state index contributed by atoms with van der Waals surface area (Å²) in [4.78, 5) is 0. The van der Waals surface area contributed by atoms with Crippen molar-refractivity contribution in [3.05, 3.63) is 11.6 Å². The van der Waals surface area contributed by atoms with Gasteiger partial charge in [-0.25, -0.2) is 0 Å². The maximum absolute atomic E-state index is 10.9. The van der Waals surface area contributed by atoms with Gasteiger partial charge in [-0.05, 0) is 112 Å². The first-order valence-corrected chi connectivity index (χ1v) is 12.8. The van der Waals surface area contributed by atoms with Gasteiger partial charge in [-0.1, -0.05) is 39.3 Å². The smallest absolute Gasteiger partial charge is 0.159 e. The Kier molecular flexibility index (Phi) is 5.77. The first-order chi connectivity index (χ1) is 13.9. The third kappa shape index (κ3) is 3.71. The van der Waals surface area contributed by atoms with Crippen molar-refractivity contribution in [3.63, 3.8) is 0 Å². The molecular weight excluding hydrogens is 372 g/mol. The Balaban J connectivity index is 1.52. The van der Waals surface area contributed by atoms with Gasteiger partial charge in [0.05, 0.1) is 5.60 Å². The van der Waals surface area contributed by atoms with Crippen LogP contribution in [-0.4, -0.2) is 26.7 Å². The van der Waals surface area contributed by atoms with E-state index in [0.717, 1.165) is 49.9 Å². The minimum atomic E-state index is -1.54. The lowest BCUT2D eigenvalue weighted by atomic mass is 9.46. The second kappa shape index (κ2) is 7.59. The third-order valence-corrected chi connectivity index (χ3v) is 10.7. The molecule has 172 valence electrons. The van der Waals surface area contributed by atoms with Crippen molar-refractivity contribution in [1.29, 1.82) is 0 Å². The molecule has 0 heterocycles. The lowest BCUT2D eigenvalue weighted by Gasteiger charge is -2.59. The van der Waals surface area contributed by atoms with Crippen LogP contribution in [0.1, 0.15) is 105 Å². The van der Waals surface area contributed by atoms with Crippen LogP contribution < -0.4 is 0 Å². The normalized spacial score (nSPS) is 47.1. The van der Waals surface area contributed by atoms with Crippen LogP contribution in [0, 0.1) is 40.4 Å². The molecule has 0 spiro atoms. The summed E-state index contributed by atoms with van der Waals surface area (Å²) in [5.74, 6) is 2.11. The first-order valence-electron chi connectivity index (χ1n) is 12.8. The summed E-state index contributed by atoms with van der Waals surface area (Å²) in [7, 11) is 0. The standard InChI is InChI=1S/C27H46O3/c1-6-27(30)16-15-24(3)19(17-27)7-8-20-22-10-9-21(18(2)11-14-26(5,28)29)25(22,4)13-12-23(20)24/h7,18,20-23,28-30H,6,8-17H2,1-5H3/t18-,20+,21-,22+,23+,24+,25-,27+/m1/s1. The zero-order valence-corrected chi connectivity index (χ0v) is 20.1. The Morgan fingerprint density at radius 3 is 2.50 bits per heavy atom. The van der Waals surface area contributed by atoms with E-state index in [4.69, 9.17) is 0 Å². The number of aliphatic hydroxyl groups is 3. The molecule has 0 amide bonds. The van der Waals surface area contributed by atoms with Gasteiger partial charge in [0, 0.05) is 6.42 Å². The SMILES string of the molecule is CC[C@]1(O)CC[C@@]2(C)C(=CC[C@H]3[C@@H]4CC[C@H]([C@H](C)CCC(C)(O)O)[C@@]4(C)CC[C@@H]32)C1. The van der Waals surface area contributed by atoms with E-state index in [1.54, 1.807) is 5.57 Å². The van der Waals surface area contributed by atoms with Gasteiger partial charge in [0.15, 0.2) is 5.79 Å². The summed E-state index contributed by atoms with van der Waals surface area (Å²) < 4.78 is 0. The second-order valence-electron chi connectivity index (χ2n) is 12.5. The molecule has 4 aliphatic carbocycles. The van der Waals surface area contributed by atoms with E-state index >= 15 is 0 Å². The van der Waals surface area contributed by atoms with Crippen molar-refractivity contribution in [3.8, 4) is 0 Å². The minimum Gasteiger partial charge on any atom is -0.390 e. The number of fused-ring (bicyclic) bond motifs is 5. The van der Waals surface area contributed by atoms with Gasteiger partial charge in [0.25, 0.3) is 0 Å². The average molecular weight is 419 g/mol. The number of hydrogen-bond acceptors (Lipinski definition) is 3. The van der Waals surface area contributed by atoms with Gasteiger partial charge in [-0.15, -0.1) is 0 Å². The highest BCUT2D eigenvalue weighted by Gasteiger charge is 2.59. The van der Waals surface area contributed by atoms with Crippen molar-refractivity contribution in [1.82, 2.24) is 0 Å². The van der Waals surface area contributed by atoms with Crippen molar-refractivity contribution in [2.75, 3.05) is 0 Å². The van der Waals surface area contributed by atoms with E-state index < -0.39 is 11.4 Å². The highest BCUT2D eigenvalue weighted by atomic mass is 16.5. The molecule has 30 heavy (non-hydrogen) atoms. The monoisotopic (exact) mass is 418 g/mol. The Labute approximate surface area is 184 Å². The molecule has 0 unspecified atom stereocenters. The minimum absolute atomic E-state index is 0.297. The lowest BCUT2D eigenvalue weighted by molar-refractivity contribution is -0.153. The van der Waals surface area contributed by atoms with E-state index in [1.807, 2.05) is 0 Å². The van der Waals surface area contributed by atoms with E-state index in [9.17, 15) is 15.3 Å². The van der Waals surface area contributed by atoms with Crippen molar-refractivity contribution in [2.24, 2.45) is 40.4 Å². The fourth-order valence-corrected chi connectivity index (χ4v) is 8.69. The van der Waals surface area contributed by atoms with E-state index in [-0.39, 0.29) is 0 Å². The molecule has 0 saturated heterocycles. The molecule has 3 N–H and O–H groups in total. The number of allylic oxidation sites excluding steroid dienone is 1. The Morgan fingerprint density at radius 1 is 1.10 bits per heavy atom. The fraction of sp³-hybridized carbons (Fsp3) is 0.926. The molecule has 3 fully saturated rings. The van der Waals surface area contributed by atoms with E-state index in [2.05, 4.69) is 33.8 Å². The fourth-order valence-electron chi connectivity index (χ4n) is 8.69.